The zero-order valence-corrected chi connectivity index (χ0v) is 11.7. The fourth-order valence-corrected chi connectivity index (χ4v) is 1.58. The van der Waals surface area contributed by atoms with Gasteiger partial charge in [0.2, 0.25) is 0 Å². The summed E-state index contributed by atoms with van der Waals surface area (Å²) in [4.78, 5) is 1.35. The molecule has 1 aromatic rings. The van der Waals surface area contributed by atoms with Crippen LogP contribution in [0.3, 0.4) is 0 Å². The maximum Gasteiger partial charge on any atom is 0.173 e. The summed E-state index contributed by atoms with van der Waals surface area (Å²) in [5, 5.41) is 7.10. The molecule has 0 saturated carbocycles. The van der Waals surface area contributed by atoms with Crippen molar-refractivity contribution in [2.24, 2.45) is 5.73 Å². The number of benzene rings is 1. The Balaban J connectivity index is 0. The molecule has 0 bridgehead atoms. The molecule has 0 saturated heterocycles. The predicted octanol–water partition coefficient (Wildman–Crippen LogP) is 3.93. The van der Waals surface area contributed by atoms with E-state index >= 15 is 0 Å². The van der Waals surface area contributed by atoms with Gasteiger partial charge in [-0.1, -0.05) is 26.0 Å². The summed E-state index contributed by atoms with van der Waals surface area (Å²) in [5.74, 6) is 0.695. The van der Waals surface area contributed by atoms with Crippen molar-refractivity contribution in [3.8, 4) is 6.19 Å². The van der Waals surface area contributed by atoms with E-state index in [-0.39, 0.29) is 0 Å². The first-order chi connectivity index (χ1) is 8.19. The molecule has 1 unspecified atom stereocenters. The first kappa shape index (κ1) is 18.2. The van der Waals surface area contributed by atoms with E-state index in [4.69, 9.17) is 5.26 Å². The normalized spacial score (nSPS) is 9.88. The molecular formula is C13H21FN2S. The Labute approximate surface area is 108 Å². The molecular weight excluding hydrogens is 235 g/mol. The van der Waals surface area contributed by atoms with Crippen LogP contribution in [-0.4, -0.2) is 13.4 Å². The molecule has 0 radical (unpaired) electrons. The highest BCUT2D eigenvalue weighted by molar-refractivity contribution is 7.98. The molecule has 96 valence electrons. The number of thioether (sulfide) groups is 1. The number of hydrogen-bond acceptors (Lipinski definition) is 3. The standard InChI is InChI=1S/C11H16S.CH3F.CH2N2/c1-4-9(2)10-5-7-11(12-3)8-6-10;1-2;2-1-3/h5-9H,4H2,1-3H3;1H3;2H2. The second-order valence-corrected chi connectivity index (χ2v) is 4.09. The monoisotopic (exact) mass is 256 g/mol. The Bertz CT molecular complexity index is 306. The topological polar surface area (TPSA) is 49.8 Å². The summed E-state index contributed by atoms with van der Waals surface area (Å²) in [6, 6.07) is 8.87. The van der Waals surface area contributed by atoms with E-state index in [0.29, 0.717) is 13.1 Å². The van der Waals surface area contributed by atoms with Gasteiger partial charge in [0.25, 0.3) is 0 Å². The summed E-state index contributed by atoms with van der Waals surface area (Å²) in [7, 11) is 0.500. The van der Waals surface area contributed by atoms with Gasteiger partial charge in [-0.25, -0.2) is 0 Å². The Morgan fingerprint density at radius 2 is 1.76 bits per heavy atom. The average Bonchev–Trinajstić information content (AvgIpc) is 2.41. The van der Waals surface area contributed by atoms with Crippen molar-refractivity contribution in [3.63, 3.8) is 0 Å². The predicted molar refractivity (Wildman–Crippen MR) is 73.8 cm³/mol. The molecule has 0 aliphatic heterocycles. The van der Waals surface area contributed by atoms with Crippen LogP contribution < -0.4 is 5.73 Å². The molecule has 1 aromatic carbocycles. The second kappa shape index (κ2) is 12.9. The fourth-order valence-electron chi connectivity index (χ4n) is 1.17. The zero-order chi connectivity index (χ0) is 13.7. The maximum absolute atomic E-state index is 9.50. The van der Waals surface area contributed by atoms with Gasteiger partial charge >= 0.3 is 0 Å². The molecule has 1 rings (SSSR count). The largest absolute Gasteiger partial charge is 0.337 e. The second-order valence-electron chi connectivity index (χ2n) is 3.21. The van der Waals surface area contributed by atoms with Crippen LogP contribution in [0.4, 0.5) is 4.39 Å². The summed E-state index contributed by atoms with van der Waals surface area (Å²) in [6.07, 6.45) is 4.58. The van der Waals surface area contributed by atoms with Gasteiger partial charge < -0.3 is 5.73 Å². The lowest BCUT2D eigenvalue weighted by atomic mass is 9.99. The van der Waals surface area contributed by atoms with E-state index in [1.807, 2.05) is 0 Å². The summed E-state index contributed by atoms with van der Waals surface area (Å²) >= 11 is 1.80. The third kappa shape index (κ3) is 8.58. The van der Waals surface area contributed by atoms with Crippen LogP contribution in [0.5, 0.6) is 0 Å². The Morgan fingerprint density at radius 1 is 1.35 bits per heavy atom. The highest BCUT2D eigenvalue weighted by atomic mass is 32.2. The molecule has 2 N–H and O–H groups in total. The molecule has 0 heterocycles. The number of halogens is 1. The van der Waals surface area contributed by atoms with Gasteiger partial charge in [-0.05, 0) is 36.3 Å². The van der Waals surface area contributed by atoms with Gasteiger partial charge in [-0.2, -0.15) is 5.26 Å². The first-order valence-corrected chi connectivity index (χ1v) is 6.53. The molecule has 2 nitrogen and oxygen atoms in total. The highest BCUT2D eigenvalue weighted by Crippen LogP contribution is 2.21. The minimum atomic E-state index is 0.500. The molecule has 1 atom stereocenters. The van der Waals surface area contributed by atoms with Crippen molar-refractivity contribution in [1.29, 1.82) is 5.26 Å². The molecule has 4 heteroatoms. The van der Waals surface area contributed by atoms with Crippen LogP contribution in [-0.2, 0) is 0 Å². The molecule has 0 fully saturated rings. The summed E-state index contributed by atoms with van der Waals surface area (Å²) in [5.41, 5.74) is 5.61. The highest BCUT2D eigenvalue weighted by Gasteiger charge is 2.01. The number of hydrogen-bond donors (Lipinski definition) is 1. The van der Waals surface area contributed by atoms with Crippen molar-refractivity contribution < 1.29 is 4.39 Å². The van der Waals surface area contributed by atoms with Crippen LogP contribution >= 0.6 is 11.8 Å². The van der Waals surface area contributed by atoms with E-state index in [9.17, 15) is 4.39 Å². The lowest BCUT2D eigenvalue weighted by Crippen LogP contribution is -1.89. The quantitative estimate of drug-likeness (QED) is 0.506. The molecule has 0 aromatic heterocycles. The van der Waals surface area contributed by atoms with Crippen molar-refractivity contribution >= 4 is 11.8 Å². The molecule has 0 spiro atoms. The number of rotatable bonds is 3. The Morgan fingerprint density at radius 3 is 2.06 bits per heavy atom. The van der Waals surface area contributed by atoms with Crippen molar-refractivity contribution in [2.75, 3.05) is 13.4 Å². The molecule has 0 aliphatic carbocycles. The van der Waals surface area contributed by atoms with E-state index < -0.39 is 0 Å². The number of nitrogens with zero attached hydrogens (tertiary/aromatic N) is 1. The van der Waals surface area contributed by atoms with E-state index in [1.165, 1.54) is 23.1 Å². The van der Waals surface area contributed by atoms with E-state index in [1.54, 1.807) is 11.8 Å². The van der Waals surface area contributed by atoms with Crippen LogP contribution in [0.1, 0.15) is 31.7 Å². The fraction of sp³-hybridized carbons (Fsp3) is 0.462. The van der Waals surface area contributed by atoms with E-state index in [2.05, 4.69) is 50.1 Å². The molecule has 0 aliphatic rings. The molecule has 17 heavy (non-hydrogen) atoms. The third-order valence-electron chi connectivity index (χ3n) is 2.30. The van der Waals surface area contributed by atoms with Crippen LogP contribution in [0.25, 0.3) is 0 Å². The van der Waals surface area contributed by atoms with Gasteiger partial charge in [0, 0.05) is 4.90 Å². The third-order valence-corrected chi connectivity index (χ3v) is 3.04. The Kier molecular flexibility index (Phi) is 13.7. The average molecular weight is 256 g/mol. The smallest absolute Gasteiger partial charge is 0.173 e. The maximum atomic E-state index is 9.50. The van der Waals surface area contributed by atoms with Crippen LogP contribution in [0.2, 0.25) is 0 Å². The minimum Gasteiger partial charge on any atom is -0.337 e. The van der Waals surface area contributed by atoms with E-state index in [0.717, 1.165) is 0 Å². The van der Waals surface area contributed by atoms with Crippen molar-refractivity contribution in [2.45, 2.75) is 31.1 Å². The SMILES string of the molecule is CCC(C)c1ccc(SC)cc1.CF.N#CN. The van der Waals surface area contributed by atoms with Crippen molar-refractivity contribution in [1.82, 2.24) is 0 Å². The van der Waals surface area contributed by atoms with Gasteiger partial charge in [0.1, 0.15) is 0 Å². The number of nitrogens with two attached hydrogens (primary N) is 1. The summed E-state index contributed by atoms with van der Waals surface area (Å²) in [6.45, 7) is 4.50. The van der Waals surface area contributed by atoms with Gasteiger partial charge in [-0.15, -0.1) is 11.8 Å². The van der Waals surface area contributed by atoms with Gasteiger partial charge in [0.05, 0.1) is 7.18 Å². The van der Waals surface area contributed by atoms with Gasteiger partial charge in [-0.3, -0.25) is 4.39 Å². The minimum absolute atomic E-state index is 0.500. The van der Waals surface area contributed by atoms with Crippen LogP contribution in [0.15, 0.2) is 29.2 Å². The van der Waals surface area contributed by atoms with Crippen LogP contribution in [0, 0.1) is 11.5 Å². The van der Waals surface area contributed by atoms with Gasteiger partial charge in [0.15, 0.2) is 6.19 Å². The lowest BCUT2D eigenvalue weighted by molar-refractivity contribution is 0.636. The Hall–Kier alpha value is -1.21. The zero-order valence-electron chi connectivity index (χ0n) is 10.9. The number of nitriles is 1. The summed E-state index contributed by atoms with van der Waals surface area (Å²) < 4.78 is 9.50. The molecule has 0 amide bonds. The van der Waals surface area contributed by atoms with Crippen molar-refractivity contribution in [3.05, 3.63) is 29.8 Å². The lowest BCUT2D eigenvalue weighted by Gasteiger charge is -2.08. The first-order valence-electron chi connectivity index (χ1n) is 5.31. The number of alkyl halides is 1.